The van der Waals surface area contributed by atoms with E-state index in [1.165, 1.54) is 0 Å². The number of hydrogen-bond acceptors (Lipinski definition) is 3. The highest BCUT2D eigenvalue weighted by Crippen LogP contribution is 2.38. The van der Waals surface area contributed by atoms with Crippen LogP contribution in [0.4, 0.5) is 0 Å². The van der Waals surface area contributed by atoms with Crippen LogP contribution in [0, 0.1) is 11.3 Å². The van der Waals surface area contributed by atoms with E-state index in [-0.39, 0.29) is 23.3 Å². The van der Waals surface area contributed by atoms with Gasteiger partial charge in [0, 0.05) is 4.88 Å². The summed E-state index contributed by atoms with van der Waals surface area (Å²) >= 11 is 1.63. The van der Waals surface area contributed by atoms with E-state index in [4.69, 9.17) is 0 Å². The molecule has 0 bridgehead atoms. The van der Waals surface area contributed by atoms with E-state index in [0.29, 0.717) is 12.5 Å². The van der Waals surface area contributed by atoms with Gasteiger partial charge >= 0.3 is 0 Å². The Morgan fingerprint density at radius 1 is 1.33 bits per heavy atom. The first-order chi connectivity index (χ1) is 9.88. The summed E-state index contributed by atoms with van der Waals surface area (Å²) in [4.78, 5) is 28.3. The Morgan fingerprint density at radius 3 is 2.57 bits per heavy atom. The van der Waals surface area contributed by atoms with Crippen LogP contribution < -0.4 is 5.32 Å². The smallest absolute Gasteiger partial charge is 0.246 e. The average molecular weight is 306 g/mol. The number of carbonyl (C=O) groups is 2. The molecule has 2 amide bonds. The quantitative estimate of drug-likeness (QED) is 0.932. The molecule has 1 saturated heterocycles. The topological polar surface area (TPSA) is 49.4 Å². The summed E-state index contributed by atoms with van der Waals surface area (Å²) in [6, 6.07) is 3.30. The molecule has 1 aliphatic carbocycles. The molecule has 1 saturated carbocycles. The summed E-state index contributed by atoms with van der Waals surface area (Å²) in [6.07, 6.45) is 2.09. The third-order valence-corrected chi connectivity index (χ3v) is 5.09. The normalized spacial score (nSPS) is 26.9. The first-order valence-corrected chi connectivity index (χ1v) is 8.39. The second kappa shape index (κ2) is 5.13. The summed E-state index contributed by atoms with van der Waals surface area (Å²) in [5.74, 6) is 0.425. The lowest BCUT2D eigenvalue weighted by Gasteiger charge is -2.44. The highest BCUT2D eigenvalue weighted by atomic mass is 32.1. The van der Waals surface area contributed by atoms with Crippen LogP contribution in [0.25, 0.3) is 0 Å². The van der Waals surface area contributed by atoms with Gasteiger partial charge in [0.1, 0.15) is 12.1 Å². The maximum absolute atomic E-state index is 12.9. The van der Waals surface area contributed by atoms with Gasteiger partial charge < -0.3 is 10.2 Å². The monoisotopic (exact) mass is 306 g/mol. The van der Waals surface area contributed by atoms with E-state index >= 15 is 0 Å². The van der Waals surface area contributed by atoms with Gasteiger partial charge in [0.05, 0.1) is 6.54 Å². The summed E-state index contributed by atoms with van der Waals surface area (Å²) in [6.45, 7) is 6.59. The number of carbonyl (C=O) groups excluding carboxylic acids is 2. The van der Waals surface area contributed by atoms with Gasteiger partial charge in [-0.05, 0) is 35.6 Å². The third-order valence-electron chi connectivity index (χ3n) is 4.23. The van der Waals surface area contributed by atoms with Crippen molar-refractivity contribution in [3.63, 3.8) is 0 Å². The van der Waals surface area contributed by atoms with E-state index in [1.54, 1.807) is 16.2 Å². The van der Waals surface area contributed by atoms with Gasteiger partial charge in [-0.25, -0.2) is 0 Å². The van der Waals surface area contributed by atoms with Gasteiger partial charge in [-0.3, -0.25) is 9.59 Å². The number of piperazine rings is 1. The highest BCUT2D eigenvalue weighted by molar-refractivity contribution is 7.09. The minimum atomic E-state index is -0.401. The Kier molecular flexibility index (Phi) is 3.56. The average Bonchev–Trinajstić information content (AvgIpc) is 3.10. The molecule has 5 heteroatoms. The molecule has 3 rings (SSSR count). The number of nitrogens with one attached hydrogen (secondary N) is 1. The zero-order chi connectivity index (χ0) is 15.2. The second-order valence-electron chi connectivity index (χ2n) is 7.14. The SMILES string of the molecule is CC(C)(C)C1C(=O)NC(C2CC2)C(=O)N1Cc1cccs1. The number of rotatable bonds is 3. The Balaban J connectivity index is 1.90. The molecular weight excluding hydrogens is 284 g/mol. The molecule has 4 nitrogen and oxygen atoms in total. The van der Waals surface area contributed by atoms with Gasteiger partial charge in [-0.2, -0.15) is 0 Å². The standard InChI is InChI=1S/C16H22N2O2S/c1-16(2,3)13-14(19)17-12(10-6-7-10)15(20)18(13)9-11-5-4-8-21-11/h4-5,8,10,12-13H,6-7,9H2,1-3H3,(H,17,19). The third kappa shape index (κ3) is 2.84. The Morgan fingerprint density at radius 2 is 2.05 bits per heavy atom. The fraction of sp³-hybridized carbons (Fsp3) is 0.625. The van der Waals surface area contributed by atoms with Crippen molar-refractivity contribution in [1.82, 2.24) is 10.2 Å². The zero-order valence-electron chi connectivity index (χ0n) is 12.8. The molecule has 2 aliphatic rings. The molecule has 1 N–H and O–H groups in total. The molecule has 21 heavy (non-hydrogen) atoms. The molecule has 2 fully saturated rings. The van der Waals surface area contributed by atoms with Crippen molar-refractivity contribution in [1.29, 1.82) is 0 Å². The van der Waals surface area contributed by atoms with Crippen LogP contribution in [0.2, 0.25) is 0 Å². The maximum atomic E-state index is 12.9. The fourth-order valence-corrected chi connectivity index (χ4v) is 3.79. The van der Waals surface area contributed by atoms with Crippen molar-refractivity contribution < 1.29 is 9.59 Å². The Hall–Kier alpha value is -1.36. The number of hydrogen-bond donors (Lipinski definition) is 1. The van der Waals surface area contributed by atoms with Crippen molar-refractivity contribution in [2.75, 3.05) is 0 Å². The molecule has 2 heterocycles. The van der Waals surface area contributed by atoms with E-state index < -0.39 is 6.04 Å². The zero-order valence-corrected chi connectivity index (χ0v) is 13.6. The molecule has 2 unspecified atom stereocenters. The van der Waals surface area contributed by atoms with Gasteiger partial charge in [0.15, 0.2) is 0 Å². The fourth-order valence-electron chi connectivity index (χ4n) is 3.09. The summed E-state index contributed by atoms with van der Waals surface area (Å²) in [5, 5.41) is 4.98. The second-order valence-corrected chi connectivity index (χ2v) is 8.17. The first-order valence-electron chi connectivity index (χ1n) is 7.51. The molecule has 0 spiro atoms. The van der Waals surface area contributed by atoms with Crippen LogP contribution in [0.5, 0.6) is 0 Å². The molecule has 1 aromatic heterocycles. The van der Waals surface area contributed by atoms with Crippen LogP contribution in [0.1, 0.15) is 38.5 Å². The van der Waals surface area contributed by atoms with E-state index in [0.717, 1.165) is 17.7 Å². The molecule has 1 aromatic rings. The van der Waals surface area contributed by atoms with Gasteiger partial charge in [0.25, 0.3) is 0 Å². The molecule has 0 radical (unpaired) electrons. The van der Waals surface area contributed by atoms with Crippen LogP contribution in [0.15, 0.2) is 17.5 Å². The molecule has 1 aliphatic heterocycles. The van der Waals surface area contributed by atoms with E-state index in [1.807, 2.05) is 38.3 Å². The van der Waals surface area contributed by atoms with Crippen LogP contribution in [-0.2, 0) is 16.1 Å². The van der Waals surface area contributed by atoms with Crippen molar-refractivity contribution >= 4 is 23.2 Å². The lowest BCUT2D eigenvalue weighted by atomic mass is 9.82. The van der Waals surface area contributed by atoms with Crippen molar-refractivity contribution in [2.24, 2.45) is 11.3 Å². The Labute approximate surface area is 129 Å². The predicted octanol–water partition coefficient (Wildman–Crippen LogP) is 2.40. The van der Waals surface area contributed by atoms with Gasteiger partial charge in [0.2, 0.25) is 11.8 Å². The van der Waals surface area contributed by atoms with Gasteiger partial charge in [-0.1, -0.05) is 26.8 Å². The minimum absolute atomic E-state index is 0.00411. The van der Waals surface area contributed by atoms with E-state index in [9.17, 15) is 9.59 Å². The first kappa shape index (κ1) is 14.6. The largest absolute Gasteiger partial charge is 0.342 e. The van der Waals surface area contributed by atoms with E-state index in [2.05, 4.69) is 5.32 Å². The Bertz CT molecular complexity index is 543. The van der Waals surface area contributed by atoms with Crippen LogP contribution in [-0.4, -0.2) is 28.8 Å². The van der Waals surface area contributed by atoms with Gasteiger partial charge in [-0.15, -0.1) is 11.3 Å². The number of thiophene rings is 1. The molecular formula is C16H22N2O2S. The number of nitrogens with zero attached hydrogens (tertiary/aromatic N) is 1. The predicted molar refractivity (Wildman–Crippen MR) is 82.8 cm³/mol. The molecule has 2 atom stereocenters. The lowest BCUT2D eigenvalue weighted by molar-refractivity contribution is -0.155. The van der Waals surface area contributed by atoms with Crippen molar-refractivity contribution in [3.05, 3.63) is 22.4 Å². The molecule has 114 valence electrons. The number of amides is 2. The van der Waals surface area contributed by atoms with Crippen LogP contribution >= 0.6 is 11.3 Å². The van der Waals surface area contributed by atoms with Crippen molar-refractivity contribution in [2.45, 2.75) is 52.2 Å². The lowest BCUT2D eigenvalue weighted by Crippen LogP contribution is -2.66. The van der Waals surface area contributed by atoms with Crippen LogP contribution in [0.3, 0.4) is 0 Å². The molecule has 0 aromatic carbocycles. The summed E-state index contributed by atoms with van der Waals surface area (Å²) in [5.41, 5.74) is -0.272. The highest BCUT2D eigenvalue weighted by Gasteiger charge is 2.50. The summed E-state index contributed by atoms with van der Waals surface area (Å²) < 4.78 is 0. The van der Waals surface area contributed by atoms with Crippen molar-refractivity contribution in [3.8, 4) is 0 Å². The minimum Gasteiger partial charge on any atom is -0.342 e. The maximum Gasteiger partial charge on any atom is 0.246 e. The summed E-state index contributed by atoms with van der Waals surface area (Å²) in [7, 11) is 0.